The Morgan fingerprint density at radius 1 is 0.925 bits per heavy atom. The van der Waals surface area contributed by atoms with E-state index in [1.54, 1.807) is 42.6 Å². The van der Waals surface area contributed by atoms with E-state index in [1.165, 1.54) is 31.4 Å². The number of carbonyl (C=O) groups is 1. The molecule has 1 N–H and O–H groups in total. The fourth-order valence-electron chi connectivity index (χ4n) is 4.05. The van der Waals surface area contributed by atoms with Gasteiger partial charge in [-0.2, -0.15) is 0 Å². The van der Waals surface area contributed by atoms with Gasteiger partial charge in [-0.05, 0) is 66.6 Å². The third kappa shape index (κ3) is 6.13. The maximum absolute atomic E-state index is 14.4. The largest absolute Gasteiger partial charge is 0.469 e. The van der Waals surface area contributed by atoms with E-state index in [-0.39, 0.29) is 28.8 Å². The van der Waals surface area contributed by atoms with Crippen molar-refractivity contribution >= 4 is 26.7 Å². The zero-order chi connectivity index (χ0) is 28.3. The van der Waals surface area contributed by atoms with Crippen LogP contribution in [0.1, 0.15) is 12.0 Å². The molecule has 0 spiro atoms. The summed E-state index contributed by atoms with van der Waals surface area (Å²) in [5.41, 5.74) is 3.04. The summed E-state index contributed by atoms with van der Waals surface area (Å²) in [5, 5.41) is 0.787. The summed E-state index contributed by atoms with van der Waals surface area (Å²) < 4.78 is 54.7. The van der Waals surface area contributed by atoms with Crippen LogP contribution < -0.4 is 9.47 Å². The van der Waals surface area contributed by atoms with Crippen LogP contribution in [0.4, 0.5) is 4.39 Å². The minimum Gasteiger partial charge on any atom is -0.469 e. The average molecular weight is 561 g/mol. The van der Waals surface area contributed by atoms with Crippen molar-refractivity contribution in [3.05, 3.63) is 96.4 Å². The van der Waals surface area contributed by atoms with E-state index in [0.29, 0.717) is 29.1 Å². The third-order valence-electron chi connectivity index (χ3n) is 6.17. The number of sulfone groups is 1. The fraction of sp³-hybridized carbons (Fsp3) is 0.133. The van der Waals surface area contributed by atoms with Crippen LogP contribution in [-0.2, 0) is 25.8 Å². The molecule has 204 valence electrons. The number of aryl methyl sites for hydroxylation is 1. The van der Waals surface area contributed by atoms with E-state index in [2.05, 4.69) is 14.7 Å². The van der Waals surface area contributed by atoms with E-state index in [4.69, 9.17) is 9.47 Å². The van der Waals surface area contributed by atoms with Crippen LogP contribution in [0.3, 0.4) is 0 Å². The molecule has 0 aliphatic carbocycles. The smallest absolute Gasteiger partial charge is 0.305 e. The van der Waals surface area contributed by atoms with Crippen LogP contribution >= 0.6 is 0 Å². The Morgan fingerprint density at radius 2 is 1.68 bits per heavy atom. The number of aromatic nitrogens is 2. The number of nitrogens with zero attached hydrogens (tertiary/aromatic N) is 1. The lowest BCUT2D eigenvalue weighted by molar-refractivity contribution is -0.140. The van der Waals surface area contributed by atoms with Crippen molar-refractivity contribution in [2.45, 2.75) is 17.7 Å². The first-order valence-electron chi connectivity index (χ1n) is 12.3. The van der Waals surface area contributed by atoms with Gasteiger partial charge >= 0.3 is 5.97 Å². The number of rotatable bonds is 9. The lowest BCUT2D eigenvalue weighted by Crippen LogP contribution is -2.02. The number of para-hydroxylation sites is 1. The van der Waals surface area contributed by atoms with Crippen LogP contribution in [0.25, 0.3) is 22.3 Å². The molecule has 0 amide bonds. The Kier molecular flexibility index (Phi) is 7.52. The molecule has 0 fully saturated rings. The molecule has 2 aromatic heterocycles. The van der Waals surface area contributed by atoms with E-state index >= 15 is 0 Å². The van der Waals surface area contributed by atoms with Gasteiger partial charge in [-0.25, -0.2) is 12.8 Å². The summed E-state index contributed by atoms with van der Waals surface area (Å²) in [7, 11) is -2.00. The highest BCUT2D eigenvalue weighted by molar-refractivity contribution is 7.90. The average Bonchev–Trinajstić information content (AvgIpc) is 3.36. The molecule has 0 unspecified atom stereocenters. The summed E-state index contributed by atoms with van der Waals surface area (Å²) >= 11 is 0. The van der Waals surface area contributed by atoms with Gasteiger partial charge in [0.15, 0.2) is 32.9 Å². The molecular weight excluding hydrogens is 535 g/mol. The SMILES string of the molecule is COC(=O)CCc1ccc(-c2cc3cc(Oc4ccc(S(C)(=O)=O)cc4)c(Oc4ccccc4F)cc3[nH]2)nc1. The van der Waals surface area contributed by atoms with E-state index in [9.17, 15) is 17.6 Å². The van der Waals surface area contributed by atoms with Gasteiger partial charge in [-0.15, -0.1) is 0 Å². The zero-order valence-corrected chi connectivity index (χ0v) is 22.5. The molecule has 40 heavy (non-hydrogen) atoms. The normalized spacial score (nSPS) is 11.4. The number of H-pyrrole nitrogens is 1. The number of hydrogen-bond acceptors (Lipinski definition) is 7. The lowest BCUT2D eigenvalue weighted by atomic mass is 10.1. The van der Waals surface area contributed by atoms with Gasteiger partial charge in [0.1, 0.15) is 5.75 Å². The van der Waals surface area contributed by atoms with Gasteiger partial charge in [0.2, 0.25) is 0 Å². The second-order valence-electron chi connectivity index (χ2n) is 9.08. The first-order chi connectivity index (χ1) is 19.2. The highest BCUT2D eigenvalue weighted by Crippen LogP contribution is 2.40. The van der Waals surface area contributed by atoms with Crippen LogP contribution in [0.5, 0.6) is 23.0 Å². The van der Waals surface area contributed by atoms with Crippen LogP contribution in [0, 0.1) is 5.82 Å². The van der Waals surface area contributed by atoms with E-state index < -0.39 is 15.7 Å². The number of aromatic amines is 1. The predicted octanol–water partition coefficient (Wildman–Crippen LogP) is 6.46. The third-order valence-corrected chi connectivity index (χ3v) is 7.30. The first kappa shape index (κ1) is 26.9. The minimum absolute atomic E-state index is 0.0233. The maximum atomic E-state index is 14.4. The molecule has 5 rings (SSSR count). The summed E-state index contributed by atoms with van der Waals surface area (Å²) in [6.07, 6.45) is 3.64. The number of nitrogens with one attached hydrogen (secondary N) is 1. The van der Waals surface area contributed by atoms with Gasteiger partial charge in [0, 0.05) is 35.8 Å². The van der Waals surface area contributed by atoms with E-state index in [0.717, 1.165) is 22.9 Å². The molecule has 0 atom stereocenters. The molecule has 8 nitrogen and oxygen atoms in total. The lowest BCUT2D eigenvalue weighted by Gasteiger charge is -2.13. The van der Waals surface area contributed by atoms with Crippen molar-refractivity contribution in [1.82, 2.24) is 9.97 Å². The van der Waals surface area contributed by atoms with Crippen molar-refractivity contribution in [3.8, 4) is 34.4 Å². The topological polar surface area (TPSA) is 108 Å². The summed E-state index contributed by atoms with van der Waals surface area (Å²) in [4.78, 5) is 19.4. The molecule has 0 aliphatic heterocycles. The number of benzene rings is 3. The zero-order valence-electron chi connectivity index (χ0n) is 21.7. The standard InChI is InChI=1S/C30H25FN2O6S/c1-37-30(34)14-8-19-7-13-24(32-18-19)26-15-20-16-28(38-21-9-11-22(12-10-21)40(2,35)36)29(17-25(20)33-26)39-27-6-4-3-5-23(27)31/h3-7,9-13,15-18,33H,8,14H2,1-2H3. The number of hydrogen-bond donors (Lipinski definition) is 1. The van der Waals surface area contributed by atoms with Crippen molar-refractivity contribution in [1.29, 1.82) is 0 Å². The summed E-state index contributed by atoms with van der Waals surface area (Å²) in [6.45, 7) is 0. The molecule has 0 aliphatic rings. The molecule has 0 saturated heterocycles. The number of halogens is 1. The summed E-state index contributed by atoms with van der Waals surface area (Å²) in [6, 6.07) is 21.1. The molecule has 5 aromatic rings. The second-order valence-corrected chi connectivity index (χ2v) is 11.1. The number of methoxy groups -OCH3 is 1. The fourth-order valence-corrected chi connectivity index (χ4v) is 4.68. The molecule has 10 heteroatoms. The molecule has 0 bridgehead atoms. The maximum Gasteiger partial charge on any atom is 0.305 e. The van der Waals surface area contributed by atoms with Crippen molar-refractivity contribution in [2.75, 3.05) is 13.4 Å². The Balaban J connectivity index is 1.48. The molecule has 0 saturated carbocycles. The van der Waals surface area contributed by atoms with Gasteiger partial charge in [0.05, 0.1) is 23.4 Å². The highest BCUT2D eigenvalue weighted by Gasteiger charge is 2.16. The number of ether oxygens (including phenoxy) is 3. The first-order valence-corrected chi connectivity index (χ1v) is 14.2. The Hall–Kier alpha value is -4.70. The van der Waals surface area contributed by atoms with Crippen molar-refractivity contribution < 1.29 is 31.8 Å². The number of fused-ring (bicyclic) bond motifs is 1. The Morgan fingerprint density at radius 3 is 2.35 bits per heavy atom. The van der Waals surface area contributed by atoms with Gasteiger partial charge in [-0.1, -0.05) is 18.2 Å². The molecular formula is C30H25FN2O6S. The molecule has 0 radical (unpaired) electrons. The van der Waals surface area contributed by atoms with Crippen LogP contribution in [0.2, 0.25) is 0 Å². The second kappa shape index (κ2) is 11.2. The highest BCUT2D eigenvalue weighted by atomic mass is 32.2. The Labute approximate surface area is 230 Å². The quantitative estimate of drug-likeness (QED) is 0.206. The molecule has 3 aromatic carbocycles. The summed E-state index contributed by atoms with van der Waals surface area (Å²) in [5.74, 6) is 0.149. The monoisotopic (exact) mass is 560 g/mol. The van der Waals surface area contributed by atoms with Gasteiger partial charge < -0.3 is 19.2 Å². The van der Waals surface area contributed by atoms with Gasteiger partial charge in [0.25, 0.3) is 0 Å². The number of pyridine rings is 1. The van der Waals surface area contributed by atoms with Crippen LogP contribution in [-0.4, -0.2) is 37.7 Å². The molecule has 2 heterocycles. The van der Waals surface area contributed by atoms with Crippen LogP contribution in [0.15, 0.2) is 90.0 Å². The van der Waals surface area contributed by atoms with Crippen molar-refractivity contribution in [2.24, 2.45) is 0 Å². The number of esters is 1. The number of carbonyl (C=O) groups excluding carboxylic acids is 1. The van der Waals surface area contributed by atoms with Crippen molar-refractivity contribution in [3.63, 3.8) is 0 Å². The van der Waals surface area contributed by atoms with E-state index in [1.807, 2.05) is 18.2 Å². The Bertz CT molecular complexity index is 1780. The minimum atomic E-state index is -3.36. The van der Waals surface area contributed by atoms with Gasteiger partial charge in [-0.3, -0.25) is 9.78 Å². The predicted molar refractivity (Wildman–Crippen MR) is 148 cm³/mol.